The number of piperidine rings is 1. The lowest BCUT2D eigenvalue weighted by Crippen LogP contribution is -2.35. The van der Waals surface area contributed by atoms with Gasteiger partial charge in [0, 0.05) is 17.1 Å². The average molecular weight is 256 g/mol. The molecule has 1 aliphatic heterocycles. The van der Waals surface area contributed by atoms with Gasteiger partial charge >= 0.3 is 0 Å². The van der Waals surface area contributed by atoms with E-state index in [0.29, 0.717) is 10.7 Å². The highest BCUT2D eigenvalue weighted by molar-refractivity contribution is 6.31. The molecule has 5 nitrogen and oxygen atoms in total. The molecule has 0 bridgehead atoms. The van der Waals surface area contributed by atoms with Crippen LogP contribution in [0.5, 0.6) is 0 Å². The summed E-state index contributed by atoms with van der Waals surface area (Å²) < 4.78 is 0. The molecule has 1 aliphatic rings. The second-order valence-corrected chi connectivity index (χ2v) is 4.52. The highest BCUT2D eigenvalue weighted by Crippen LogP contribution is 2.29. The van der Waals surface area contributed by atoms with E-state index in [9.17, 15) is 10.1 Å². The molecule has 0 radical (unpaired) electrons. The minimum atomic E-state index is -0.389. The fraction of sp³-hybridized carbons (Fsp3) is 0.455. The van der Waals surface area contributed by atoms with Crippen LogP contribution in [0.2, 0.25) is 5.02 Å². The van der Waals surface area contributed by atoms with Gasteiger partial charge in [0.05, 0.1) is 4.92 Å². The molecule has 2 rings (SSSR count). The first-order valence-electron chi connectivity index (χ1n) is 5.58. The minimum absolute atomic E-state index is 0.0768. The number of benzene rings is 1. The van der Waals surface area contributed by atoms with Crippen LogP contribution in [0.25, 0.3) is 0 Å². The molecule has 0 atom stereocenters. The Morgan fingerprint density at radius 2 is 2.12 bits per heavy atom. The van der Waals surface area contributed by atoms with E-state index in [4.69, 9.17) is 11.6 Å². The summed E-state index contributed by atoms with van der Waals surface area (Å²) in [5.41, 5.74) is 0.585. The second-order valence-electron chi connectivity index (χ2n) is 4.09. The highest BCUT2D eigenvalue weighted by Gasteiger charge is 2.18. The number of nitrogens with one attached hydrogen (secondary N) is 2. The summed E-state index contributed by atoms with van der Waals surface area (Å²) in [7, 11) is 0. The molecule has 17 heavy (non-hydrogen) atoms. The summed E-state index contributed by atoms with van der Waals surface area (Å²) in [6.45, 7) is 1.87. The number of halogens is 1. The monoisotopic (exact) mass is 255 g/mol. The molecule has 1 aromatic rings. The topological polar surface area (TPSA) is 67.2 Å². The Morgan fingerprint density at radius 1 is 1.41 bits per heavy atom. The standard InChI is InChI=1S/C11H14ClN3O2/c12-8-1-2-11(15(16)17)10(7-8)14-9-3-5-13-6-4-9/h1-2,7,9,13-14H,3-6H2. The molecule has 6 heteroatoms. The van der Waals surface area contributed by atoms with Crippen molar-refractivity contribution in [2.75, 3.05) is 18.4 Å². The predicted molar refractivity (Wildman–Crippen MR) is 67.6 cm³/mol. The van der Waals surface area contributed by atoms with Crippen molar-refractivity contribution in [3.63, 3.8) is 0 Å². The number of rotatable bonds is 3. The quantitative estimate of drug-likeness (QED) is 0.643. The summed E-state index contributed by atoms with van der Waals surface area (Å²) in [6, 6.07) is 4.86. The normalized spacial score (nSPS) is 16.8. The SMILES string of the molecule is O=[N+]([O-])c1ccc(Cl)cc1NC1CCNCC1. The molecule has 1 aromatic carbocycles. The Bertz CT molecular complexity index is 419. The van der Waals surface area contributed by atoms with Crippen molar-refractivity contribution < 1.29 is 4.92 Å². The summed E-state index contributed by atoms with van der Waals surface area (Å²) in [5, 5.41) is 17.8. The lowest BCUT2D eigenvalue weighted by molar-refractivity contribution is -0.384. The first kappa shape index (κ1) is 12.1. The van der Waals surface area contributed by atoms with Crippen molar-refractivity contribution >= 4 is 23.0 Å². The van der Waals surface area contributed by atoms with Gasteiger partial charge in [-0.05, 0) is 38.1 Å². The average Bonchev–Trinajstić information content (AvgIpc) is 2.30. The molecule has 1 saturated heterocycles. The molecule has 0 unspecified atom stereocenters. The number of anilines is 1. The van der Waals surface area contributed by atoms with E-state index in [1.165, 1.54) is 12.1 Å². The van der Waals surface area contributed by atoms with Gasteiger partial charge in [-0.25, -0.2) is 0 Å². The molecule has 92 valence electrons. The van der Waals surface area contributed by atoms with Crippen LogP contribution in [0.1, 0.15) is 12.8 Å². The molecule has 2 N–H and O–H groups in total. The van der Waals surface area contributed by atoms with Gasteiger partial charge in [0.25, 0.3) is 5.69 Å². The van der Waals surface area contributed by atoms with Crippen LogP contribution < -0.4 is 10.6 Å². The Labute approximate surface area is 104 Å². The molecule has 0 saturated carbocycles. The predicted octanol–water partition coefficient (Wildman–Crippen LogP) is 2.41. The third-order valence-corrected chi connectivity index (χ3v) is 3.09. The van der Waals surface area contributed by atoms with E-state index in [2.05, 4.69) is 10.6 Å². The Balaban J connectivity index is 2.17. The molecule has 0 aliphatic carbocycles. The number of nitro groups is 1. The van der Waals surface area contributed by atoms with Gasteiger partial charge in [0.2, 0.25) is 0 Å². The van der Waals surface area contributed by atoms with Gasteiger partial charge in [-0.3, -0.25) is 10.1 Å². The zero-order valence-electron chi connectivity index (χ0n) is 9.28. The lowest BCUT2D eigenvalue weighted by Gasteiger charge is -2.24. The van der Waals surface area contributed by atoms with Crippen molar-refractivity contribution in [1.82, 2.24) is 5.32 Å². The molecular formula is C11H14ClN3O2. The highest BCUT2D eigenvalue weighted by atomic mass is 35.5. The summed E-state index contributed by atoms with van der Waals surface area (Å²) in [5.74, 6) is 0. The maximum Gasteiger partial charge on any atom is 0.292 e. The summed E-state index contributed by atoms with van der Waals surface area (Å²) in [6.07, 6.45) is 1.92. The molecule has 0 spiro atoms. The third-order valence-electron chi connectivity index (χ3n) is 2.85. The first-order chi connectivity index (χ1) is 8.16. The Hall–Kier alpha value is -1.33. The van der Waals surface area contributed by atoms with Gasteiger partial charge < -0.3 is 10.6 Å². The molecule has 1 fully saturated rings. The number of hydrogen-bond acceptors (Lipinski definition) is 4. The maximum atomic E-state index is 10.9. The van der Waals surface area contributed by atoms with E-state index in [-0.39, 0.29) is 16.7 Å². The molecule has 1 heterocycles. The summed E-state index contributed by atoms with van der Waals surface area (Å²) >= 11 is 5.86. The van der Waals surface area contributed by atoms with E-state index >= 15 is 0 Å². The maximum absolute atomic E-state index is 10.9. The van der Waals surface area contributed by atoms with E-state index in [1.807, 2.05) is 0 Å². The van der Waals surface area contributed by atoms with E-state index in [1.54, 1.807) is 6.07 Å². The number of nitrogens with zero attached hydrogens (tertiary/aromatic N) is 1. The van der Waals surface area contributed by atoms with E-state index < -0.39 is 0 Å². The van der Waals surface area contributed by atoms with Crippen molar-refractivity contribution in [2.24, 2.45) is 0 Å². The van der Waals surface area contributed by atoms with Crippen LogP contribution in [0.3, 0.4) is 0 Å². The fourth-order valence-electron chi connectivity index (χ4n) is 1.97. The van der Waals surface area contributed by atoms with Crippen molar-refractivity contribution in [3.05, 3.63) is 33.3 Å². The third kappa shape index (κ3) is 3.08. The van der Waals surface area contributed by atoms with Gasteiger partial charge in [0.1, 0.15) is 5.69 Å². The van der Waals surface area contributed by atoms with Gasteiger partial charge in [-0.1, -0.05) is 11.6 Å². The second kappa shape index (κ2) is 5.33. The zero-order chi connectivity index (χ0) is 12.3. The largest absolute Gasteiger partial charge is 0.377 e. The van der Waals surface area contributed by atoms with Crippen LogP contribution >= 0.6 is 11.6 Å². The number of nitro benzene ring substituents is 1. The van der Waals surface area contributed by atoms with Gasteiger partial charge in [-0.15, -0.1) is 0 Å². The van der Waals surface area contributed by atoms with Crippen LogP contribution in [0.15, 0.2) is 18.2 Å². The Morgan fingerprint density at radius 3 is 2.76 bits per heavy atom. The fourth-order valence-corrected chi connectivity index (χ4v) is 2.14. The van der Waals surface area contributed by atoms with Crippen LogP contribution in [0.4, 0.5) is 11.4 Å². The van der Waals surface area contributed by atoms with Crippen molar-refractivity contribution in [1.29, 1.82) is 0 Å². The zero-order valence-corrected chi connectivity index (χ0v) is 10.0. The minimum Gasteiger partial charge on any atom is -0.377 e. The lowest BCUT2D eigenvalue weighted by atomic mass is 10.1. The summed E-state index contributed by atoms with van der Waals surface area (Å²) in [4.78, 5) is 10.5. The first-order valence-corrected chi connectivity index (χ1v) is 5.96. The molecule has 0 aromatic heterocycles. The van der Waals surface area contributed by atoms with Gasteiger partial charge in [0.15, 0.2) is 0 Å². The number of hydrogen-bond donors (Lipinski definition) is 2. The molecular weight excluding hydrogens is 242 g/mol. The smallest absolute Gasteiger partial charge is 0.292 e. The van der Waals surface area contributed by atoms with Crippen LogP contribution in [0, 0.1) is 10.1 Å². The Kier molecular flexibility index (Phi) is 3.81. The van der Waals surface area contributed by atoms with Crippen LogP contribution in [-0.2, 0) is 0 Å². The van der Waals surface area contributed by atoms with Gasteiger partial charge in [-0.2, -0.15) is 0 Å². The van der Waals surface area contributed by atoms with Crippen LogP contribution in [-0.4, -0.2) is 24.1 Å². The van der Waals surface area contributed by atoms with E-state index in [0.717, 1.165) is 25.9 Å². The molecule has 0 amide bonds. The van der Waals surface area contributed by atoms with Crippen molar-refractivity contribution in [2.45, 2.75) is 18.9 Å². The van der Waals surface area contributed by atoms with Crippen molar-refractivity contribution in [3.8, 4) is 0 Å².